The summed E-state index contributed by atoms with van der Waals surface area (Å²) < 4.78 is 13.8. The number of nitrogens with one attached hydrogen (secondary N) is 1. The number of carbonyl (C=O) groups is 1. The number of hydrogen-bond acceptors (Lipinski definition) is 5. The number of ether oxygens (including phenoxy) is 2. The molecule has 1 amide bonds. The van der Waals surface area contributed by atoms with Crippen LogP contribution in [0.4, 0.5) is 0 Å². The Kier molecular flexibility index (Phi) is 9.40. The number of nitrogens with zero attached hydrogens (tertiary/aromatic N) is 1. The van der Waals surface area contributed by atoms with E-state index in [1.807, 2.05) is 79.7 Å². The fourth-order valence-electron chi connectivity index (χ4n) is 4.18. The van der Waals surface area contributed by atoms with Crippen LogP contribution < -0.4 is 10.1 Å². The van der Waals surface area contributed by atoms with Gasteiger partial charge in [0.05, 0.1) is 6.61 Å². The van der Waals surface area contributed by atoms with Gasteiger partial charge < -0.3 is 19.9 Å². The number of rotatable bonds is 11. The summed E-state index contributed by atoms with van der Waals surface area (Å²) in [6, 6.07) is 23.5. The molecule has 0 spiro atoms. The Bertz CT molecular complexity index is 1210. The highest BCUT2D eigenvalue weighted by atomic mass is 79.9. The van der Waals surface area contributed by atoms with Gasteiger partial charge in [0.25, 0.3) is 5.91 Å². The highest BCUT2D eigenvalue weighted by molar-refractivity contribution is 9.10. The molecule has 2 N–H and O–H groups in total. The number of benzene rings is 3. The average molecular weight is 630 g/mol. The molecule has 194 valence electrons. The van der Waals surface area contributed by atoms with Gasteiger partial charge in [-0.1, -0.05) is 56.1 Å². The van der Waals surface area contributed by atoms with Crippen LogP contribution in [0.5, 0.6) is 5.75 Å². The molecule has 0 radical (unpaired) electrons. The van der Waals surface area contributed by atoms with Crippen molar-refractivity contribution >= 4 is 43.7 Å². The Morgan fingerprint density at radius 2 is 1.62 bits per heavy atom. The first-order valence-electron chi connectivity index (χ1n) is 12.3. The summed E-state index contributed by atoms with van der Waals surface area (Å²) in [5, 5.41) is 12.1. The van der Waals surface area contributed by atoms with Gasteiger partial charge in [-0.15, -0.1) is 0 Å². The van der Waals surface area contributed by atoms with E-state index in [-0.39, 0.29) is 12.5 Å². The molecule has 0 bridgehead atoms. The van der Waals surface area contributed by atoms with Crippen LogP contribution in [0.3, 0.4) is 0 Å². The van der Waals surface area contributed by atoms with Crippen molar-refractivity contribution in [1.29, 1.82) is 0 Å². The van der Waals surface area contributed by atoms with Crippen LogP contribution in [0.25, 0.3) is 0 Å². The van der Waals surface area contributed by atoms with Crippen LogP contribution in [0.1, 0.15) is 30.0 Å². The van der Waals surface area contributed by atoms with Crippen molar-refractivity contribution in [3.05, 3.63) is 98.4 Å². The lowest BCUT2D eigenvalue weighted by Crippen LogP contribution is -2.52. The predicted molar refractivity (Wildman–Crippen MR) is 152 cm³/mol. The van der Waals surface area contributed by atoms with Gasteiger partial charge in [-0.05, 0) is 73.0 Å². The molecule has 3 aromatic rings. The third-order valence-corrected chi connectivity index (χ3v) is 7.38. The van der Waals surface area contributed by atoms with Gasteiger partial charge in [0.1, 0.15) is 11.9 Å². The Hall–Kier alpha value is -2.68. The lowest BCUT2D eigenvalue weighted by atomic mass is 9.86. The summed E-state index contributed by atoms with van der Waals surface area (Å²) in [6.45, 7) is 2.93. The topological polar surface area (TPSA) is 80.2 Å². The molecular formula is C29H30Br2N2O4. The molecule has 0 unspecified atom stereocenters. The minimum Gasteiger partial charge on any atom is -0.494 e. The Morgan fingerprint density at radius 1 is 1.00 bits per heavy atom. The van der Waals surface area contributed by atoms with Crippen molar-refractivity contribution < 1.29 is 19.4 Å². The van der Waals surface area contributed by atoms with E-state index in [9.17, 15) is 4.79 Å². The van der Waals surface area contributed by atoms with Gasteiger partial charge >= 0.3 is 0 Å². The van der Waals surface area contributed by atoms with Crippen molar-refractivity contribution in [2.45, 2.75) is 37.8 Å². The lowest BCUT2D eigenvalue weighted by Gasteiger charge is -2.28. The Balaban J connectivity index is 1.55. The van der Waals surface area contributed by atoms with Crippen molar-refractivity contribution in [3.8, 4) is 5.75 Å². The molecule has 6 nitrogen and oxygen atoms in total. The molecule has 0 aliphatic carbocycles. The predicted octanol–water partition coefficient (Wildman–Crippen LogP) is 5.48. The molecule has 0 aromatic heterocycles. The van der Waals surface area contributed by atoms with E-state index in [0.29, 0.717) is 37.6 Å². The van der Waals surface area contributed by atoms with Crippen molar-refractivity contribution in [2.75, 3.05) is 19.8 Å². The maximum Gasteiger partial charge on any atom is 0.252 e. The standard InChI is InChI=1S/C29H30Br2N2O4/c1-20-29(19-22-5-11-25(31)12-6-22,28(35)32-16-15-21-3-9-24(30)10-4-21)33-27(37-20)23-7-13-26(14-8-23)36-18-2-17-34/h3-14,20,34H,2,15-19H2,1H3,(H,32,35)/t20-,29-/m1/s1. The fraction of sp³-hybridized carbons (Fsp3) is 0.310. The first kappa shape index (κ1) is 27.4. The summed E-state index contributed by atoms with van der Waals surface area (Å²) >= 11 is 6.94. The summed E-state index contributed by atoms with van der Waals surface area (Å²) in [5.41, 5.74) is 1.83. The quantitative estimate of drug-likeness (QED) is 0.275. The molecule has 4 rings (SSSR count). The molecule has 0 saturated heterocycles. The minimum atomic E-state index is -1.10. The van der Waals surface area contributed by atoms with Gasteiger partial charge in [0, 0.05) is 40.5 Å². The summed E-state index contributed by atoms with van der Waals surface area (Å²) in [7, 11) is 0. The van der Waals surface area contributed by atoms with E-state index in [0.717, 1.165) is 32.1 Å². The zero-order valence-electron chi connectivity index (χ0n) is 20.6. The summed E-state index contributed by atoms with van der Waals surface area (Å²) in [6.07, 6.45) is 1.25. The monoisotopic (exact) mass is 628 g/mol. The number of carbonyl (C=O) groups excluding carboxylic acids is 1. The molecule has 2 atom stereocenters. The van der Waals surface area contributed by atoms with Crippen LogP contribution >= 0.6 is 31.9 Å². The smallest absolute Gasteiger partial charge is 0.252 e. The van der Waals surface area contributed by atoms with Crippen LogP contribution in [-0.4, -0.2) is 48.3 Å². The van der Waals surface area contributed by atoms with Crippen LogP contribution in [0.2, 0.25) is 0 Å². The number of hydrogen-bond donors (Lipinski definition) is 2. The Morgan fingerprint density at radius 3 is 2.24 bits per heavy atom. The van der Waals surface area contributed by atoms with E-state index in [1.54, 1.807) is 0 Å². The lowest BCUT2D eigenvalue weighted by molar-refractivity contribution is -0.128. The van der Waals surface area contributed by atoms with Gasteiger partial charge in [-0.25, -0.2) is 4.99 Å². The number of aliphatic hydroxyl groups excluding tert-OH is 1. The molecule has 37 heavy (non-hydrogen) atoms. The molecule has 1 aliphatic heterocycles. The fourth-order valence-corrected chi connectivity index (χ4v) is 4.71. The Labute approximate surface area is 234 Å². The van der Waals surface area contributed by atoms with Crippen LogP contribution in [0.15, 0.2) is 86.7 Å². The third kappa shape index (κ3) is 7.00. The molecule has 1 aliphatic rings. The SMILES string of the molecule is C[C@H]1OC(c2ccc(OCCCO)cc2)=N[C@@]1(Cc1ccc(Br)cc1)C(=O)NCCc1ccc(Br)cc1. The highest BCUT2D eigenvalue weighted by Gasteiger charge is 2.50. The summed E-state index contributed by atoms with van der Waals surface area (Å²) in [4.78, 5) is 18.6. The van der Waals surface area contributed by atoms with E-state index >= 15 is 0 Å². The number of amides is 1. The van der Waals surface area contributed by atoms with Crippen LogP contribution in [0, 0.1) is 0 Å². The molecule has 1 heterocycles. The zero-order valence-corrected chi connectivity index (χ0v) is 23.8. The zero-order chi connectivity index (χ0) is 26.3. The maximum atomic E-state index is 13.7. The summed E-state index contributed by atoms with van der Waals surface area (Å²) in [5.74, 6) is 0.990. The number of aliphatic hydroxyl groups is 1. The molecule has 0 fully saturated rings. The molecule has 0 saturated carbocycles. The molecular weight excluding hydrogens is 600 g/mol. The van der Waals surface area contributed by atoms with Gasteiger partial charge in [0.2, 0.25) is 5.90 Å². The average Bonchev–Trinajstić information content (AvgIpc) is 3.24. The second-order valence-corrected chi connectivity index (χ2v) is 10.8. The van der Waals surface area contributed by atoms with Crippen LogP contribution in [-0.2, 0) is 22.4 Å². The van der Waals surface area contributed by atoms with E-state index in [4.69, 9.17) is 19.6 Å². The number of halogens is 2. The second kappa shape index (κ2) is 12.7. The largest absolute Gasteiger partial charge is 0.494 e. The molecule has 8 heteroatoms. The maximum absolute atomic E-state index is 13.7. The second-order valence-electron chi connectivity index (χ2n) is 8.99. The molecule has 3 aromatic carbocycles. The van der Waals surface area contributed by atoms with E-state index < -0.39 is 11.6 Å². The first-order chi connectivity index (χ1) is 17.9. The van der Waals surface area contributed by atoms with Crippen molar-refractivity contribution in [3.63, 3.8) is 0 Å². The minimum absolute atomic E-state index is 0.0895. The van der Waals surface area contributed by atoms with Gasteiger partial charge in [-0.3, -0.25) is 4.79 Å². The normalized spacial score (nSPS) is 18.7. The van der Waals surface area contributed by atoms with Crippen molar-refractivity contribution in [2.24, 2.45) is 4.99 Å². The van der Waals surface area contributed by atoms with E-state index in [1.165, 1.54) is 0 Å². The van der Waals surface area contributed by atoms with E-state index in [2.05, 4.69) is 37.2 Å². The van der Waals surface area contributed by atoms with Crippen molar-refractivity contribution in [1.82, 2.24) is 5.32 Å². The number of aliphatic imine (C=N–C) groups is 1. The highest BCUT2D eigenvalue weighted by Crippen LogP contribution is 2.33. The van der Waals surface area contributed by atoms with Gasteiger partial charge in [0.15, 0.2) is 5.54 Å². The first-order valence-corrected chi connectivity index (χ1v) is 13.9. The third-order valence-electron chi connectivity index (χ3n) is 6.33. The van der Waals surface area contributed by atoms with Gasteiger partial charge in [-0.2, -0.15) is 0 Å².